The van der Waals surface area contributed by atoms with Crippen molar-refractivity contribution in [2.24, 2.45) is 0 Å². The van der Waals surface area contributed by atoms with Crippen LogP contribution in [0.1, 0.15) is 30.5 Å². The number of nitrogens with zero attached hydrogens (tertiary/aromatic N) is 4. The number of fused-ring (bicyclic) bond motifs is 1. The first-order chi connectivity index (χ1) is 14.1. The molecule has 2 aromatic heterocycles. The van der Waals surface area contributed by atoms with E-state index in [0.717, 1.165) is 17.5 Å². The average molecular weight is 388 g/mol. The number of benzene rings is 2. The largest absolute Gasteiger partial charge is 0.333 e. The molecule has 0 aliphatic carbocycles. The van der Waals surface area contributed by atoms with E-state index in [1.807, 2.05) is 61.5 Å². The fraction of sp³-hybridized carbons (Fsp3) is 0.261. The van der Waals surface area contributed by atoms with E-state index in [4.69, 9.17) is 0 Å². The van der Waals surface area contributed by atoms with Crippen LogP contribution in [-0.4, -0.2) is 18.7 Å². The van der Waals surface area contributed by atoms with Gasteiger partial charge in [0.05, 0.1) is 19.4 Å². The number of aryl methyl sites for hydroxylation is 2. The number of hydrogen-bond acceptors (Lipinski definition) is 3. The molecule has 2 aromatic carbocycles. The molecule has 0 radical (unpaired) electrons. The number of rotatable bonds is 6. The maximum Gasteiger partial charge on any atom is 0.333 e. The van der Waals surface area contributed by atoms with Gasteiger partial charge in [0.1, 0.15) is 0 Å². The summed E-state index contributed by atoms with van der Waals surface area (Å²) in [5, 5.41) is 0. The molecule has 0 unspecified atom stereocenters. The maximum atomic E-state index is 13.3. The van der Waals surface area contributed by atoms with Gasteiger partial charge in [-0.3, -0.25) is 13.9 Å². The molecule has 0 bridgehead atoms. The van der Waals surface area contributed by atoms with Crippen LogP contribution in [-0.2, 0) is 26.1 Å². The highest BCUT2D eigenvalue weighted by atomic mass is 16.2. The Hall–Kier alpha value is -3.41. The molecule has 2 heterocycles. The molecular weight excluding hydrogens is 364 g/mol. The Labute approximate surface area is 168 Å². The predicted molar refractivity (Wildman–Crippen MR) is 114 cm³/mol. The van der Waals surface area contributed by atoms with Gasteiger partial charge >= 0.3 is 5.69 Å². The third-order valence-corrected chi connectivity index (χ3v) is 5.28. The summed E-state index contributed by atoms with van der Waals surface area (Å²) in [7, 11) is 0. The molecule has 4 rings (SSSR count). The van der Waals surface area contributed by atoms with Gasteiger partial charge in [0.15, 0.2) is 11.2 Å². The van der Waals surface area contributed by atoms with Crippen LogP contribution in [0.2, 0.25) is 0 Å². The summed E-state index contributed by atoms with van der Waals surface area (Å²) in [5.41, 5.74) is 3.40. The van der Waals surface area contributed by atoms with E-state index in [2.05, 4.69) is 11.9 Å². The highest BCUT2D eigenvalue weighted by molar-refractivity contribution is 5.70. The van der Waals surface area contributed by atoms with E-state index < -0.39 is 0 Å². The molecule has 0 saturated carbocycles. The minimum atomic E-state index is -0.340. The molecule has 0 amide bonds. The van der Waals surface area contributed by atoms with E-state index in [1.54, 1.807) is 15.5 Å². The van der Waals surface area contributed by atoms with Crippen molar-refractivity contribution in [3.8, 4) is 0 Å². The summed E-state index contributed by atoms with van der Waals surface area (Å²) in [6.45, 7) is 5.27. The summed E-state index contributed by atoms with van der Waals surface area (Å²) < 4.78 is 4.72. The van der Waals surface area contributed by atoms with E-state index >= 15 is 0 Å². The zero-order chi connectivity index (χ0) is 20.4. The third kappa shape index (κ3) is 3.53. The van der Waals surface area contributed by atoms with Crippen LogP contribution in [0.25, 0.3) is 11.2 Å². The van der Waals surface area contributed by atoms with Crippen molar-refractivity contribution in [1.29, 1.82) is 0 Å². The lowest BCUT2D eigenvalue weighted by Crippen LogP contribution is -2.41. The lowest BCUT2D eigenvalue weighted by Gasteiger charge is -2.13. The SMILES string of the molecule is CCc1ccc(Cn2c(=O)c3c(ncn3CC)n(Cc3ccccc3)c2=O)cc1. The fourth-order valence-electron chi connectivity index (χ4n) is 3.59. The molecule has 0 N–H and O–H groups in total. The van der Waals surface area contributed by atoms with Crippen LogP contribution in [0.4, 0.5) is 0 Å². The molecule has 6 nitrogen and oxygen atoms in total. The minimum absolute atomic E-state index is 0.237. The first kappa shape index (κ1) is 18.9. The van der Waals surface area contributed by atoms with Crippen molar-refractivity contribution in [2.75, 3.05) is 0 Å². The summed E-state index contributed by atoms with van der Waals surface area (Å²) in [6, 6.07) is 17.8. The second-order valence-electron chi connectivity index (χ2n) is 7.12. The molecule has 0 aliphatic heterocycles. The summed E-state index contributed by atoms with van der Waals surface area (Å²) in [5.74, 6) is 0. The second-order valence-corrected chi connectivity index (χ2v) is 7.12. The number of hydrogen-bond donors (Lipinski definition) is 0. The van der Waals surface area contributed by atoms with Crippen molar-refractivity contribution in [2.45, 2.75) is 39.9 Å². The lowest BCUT2D eigenvalue weighted by molar-refractivity contribution is 0.627. The van der Waals surface area contributed by atoms with Gasteiger partial charge in [0.2, 0.25) is 0 Å². The summed E-state index contributed by atoms with van der Waals surface area (Å²) in [4.78, 5) is 30.9. The van der Waals surface area contributed by atoms with Gasteiger partial charge in [-0.25, -0.2) is 9.78 Å². The Balaban J connectivity index is 1.88. The van der Waals surface area contributed by atoms with E-state index in [1.165, 1.54) is 10.1 Å². The number of aromatic nitrogens is 4. The second kappa shape index (κ2) is 7.91. The van der Waals surface area contributed by atoms with Crippen LogP contribution in [0.5, 0.6) is 0 Å². The van der Waals surface area contributed by atoms with Crippen molar-refractivity contribution in [3.63, 3.8) is 0 Å². The zero-order valence-corrected chi connectivity index (χ0v) is 16.7. The van der Waals surface area contributed by atoms with Crippen molar-refractivity contribution in [3.05, 3.63) is 98.5 Å². The average Bonchev–Trinajstić information content (AvgIpc) is 3.19. The fourth-order valence-corrected chi connectivity index (χ4v) is 3.59. The maximum absolute atomic E-state index is 13.3. The van der Waals surface area contributed by atoms with Crippen LogP contribution in [0.3, 0.4) is 0 Å². The molecule has 0 fully saturated rings. The van der Waals surface area contributed by atoms with Gasteiger partial charge in [-0.05, 0) is 30.0 Å². The first-order valence-corrected chi connectivity index (χ1v) is 9.92. The quantitative estimate of drug-likeness (QED) is 0.510. The summed E-state index contributed by atoms with van der Waals surface area (Å²) >= 11 is 0. The minimum Gasteiger partial charge on any atom is -0.325 e. The standard InChI is InChI=1S/C23H24N4O2/c1-3-17-10-12-19(13-11-17)15-27-22(28)20-21(24-16-25(20)4-2)26(23(27)29)14-18-8-6-5-7-9-18/h5-13,16H,3-4,14-15H2,1-2H3. The van der Waals surface area contributed by atoms with Crippen molar-refractivity contribution in [1.82, 2.24) is 18.7 Å². The van der Waals surface area contributed by atoms with Gasteiger partial charge < -0.3 is 4.57 Å². The van der Waals surface area contributed by atoms with E-state index in [-0.39, 0.29) is 17.8 Å². The first-order valence-electron chi connectivity index (χ1n) is 9.92. The molecule has 148 valence electrons. The predicted octanol–water partition coefficient (Wildman–Crippen LogP) is 3.04. The van der Waals surface area contributed by atoms with Crippen molar-refractivity contribution < 1.29 is 0 Å². The van der Waals surface area contributed by atoms with Crippen molar-refractivity contribution >= 4 is 11.2 Å². The molecule has 6 heteroatoms. The molecular formula is C23H24N4O2. The van der Waals surface area contributed by atoms with Crippen LogP contribution >= 0.6 is 0 Å². The monoisotopic (exact) mass is 388 g/mol. The van der Waals surface area contributed by atoms with Crippen LogP contribution in [0, 0.1) is 0 Å². The van der Waals surface area contributed by atoms with Crippen LogP contribution in [0.15, 0.2) is 70.5 Å². The van der Waals surface area contributed by atoms with Gasteiger partial charge in [-0.15, -0.1) is 0 Å². The topological polar surface area (TPSA) is 61.8 Å². The highest BCUT2D eigenvalue weighted by Crippen LogP contribution is 2.11. The van der Waals surface area contributed by atoms with Gasteiger partial charge in [0, 0.05) is 6.54 Å². The molecule has 0 atom stereocenters. The molecule has 0 saturated heterocycles. The molecule has 4 aromatic rings. The Kier molecular flexibility index (Phi) is 5.16. The molecule has 0 aliphatic rings. The van der Waals surface area contributed by atoms with Gasteiger partial charge in [-0.1, -0.05) is 61.5 Å². The smallest absolute Gasteiger partial charge is 0.325 e. The highest BCUT2D eigenvalue weighted by Gasteiger charge is 2.18. The van der Waals surface area contributed by atoms with E-state index in [9.17, 15) is 9.59 Å². The third-order valence-electron chi connectivity index (χ3n) is 5.28. The Morgan fingerprint density at radius 1 is 0.793 bits per heavy atom. The summed E-state index contributed by atoms with van der Waals surface area (Å²) in [6.07, 6.45) is 2.58. The Bertz CT molecular complexity index is 1250. The molecule has 29 heavy (non-hydrogen) atoms. The van der Waals surface area contributed by atoms with Gasteiger partial charge in [-0.2, -0.15) is 0 Å². The normalized spacial score (nSPS) is 11.2. The Morgan fingerprint density at radius 2 is 1.41 bits per heavy atom. The lowest BCUT2D eigenvalue weighted by atomic mass is 10.1. The Morgan fingerprint density at radius 3 is 2.07 bits per heavy atom. The van der Waals surface area contributed by atoms with Crippen LogP contribution < -0.4 is 11.2 Å². The molecule has 0 spiro atoms. The van der Waals surface area contributed by atoms with Gasteiger partial charge in [0.25, 0.3) is 5.56 Å². The number of imidazole rings is 1. The van der Waals surface area contributed by atoms with E-state index in [0.29, 0.717) is 24.3 Å². The zero-order valence-electron chi connectivity index (χ0n) is 16.7.